The SMILES string of the molecule is COC(=O)c1ccc(-c2cncn2CCc2ccc(F)cc2)cc1. The summed E-state index contributed by atoms with van der Waals surface area (Å²) in [5, 5.41) is 0. The fraction of sp³-hybridized carbons (Fsp3) is 0.158. The molecule has 0 aliphatic rings. The summed E-state index contributed by atoms with van der Waals surface area (Å²) in [5.41, 5.74) is 3.52. The third-order valence-electron chi connectivity index (χ3n) is 3.87. The van der Waals surface area contributed by atoms with E-state index in [-0.39, 0.29) is 11.8 Å². The van der Waals surface area contributed by atoms with Crippen LogP contribution in [0.5, 0.6) is 0 Å². The molecule has 5 heteroatoms. The summed E-state index contributed by atoms with van der Waals surface area (Å²) < 4.78 is 19.7. The van der Waals surface area contributed by atoms with Crippen LogP contribution in [0.4, 0.5) is 4.39 Å². The maximum atomic E-state index is 13.0. The van der Waals surface area contributed by atoms with Crippen molar-refractivity contribution in [3.05, 3.63) is 78.0 Å². The Balaban J connectivity index is 1.75. The van der Waals surface area contributed by atoms with Crippen LogP contribution in [-0.2, 0) is 17.7 Å². The molecule has 0 saturated carbocycles. The van der Waals surface area contributed by atoms with E-state index in [0.717, 1.165) is 29.8 Å². The molecule has 4 nitrogen and oxygen atoms in total. The number of nitrogens with zero attached hydrogens (tertiary/aromatic N) is 2. The van der Waals surface area contributed by atoms with Crippen LogP contribution in [0.1, 0.15) is 15.9 Å². The Morgan fingerprint density at radius 2 is 1.83 bits per heavy atom. The molecule has 0 aliphatic carbocycles. The van der Waals surface area contributed by atoms with Gasteiger partial charge in [-0.2, -0.15) is 0 Å². The fourth-order valence-electron chi connectivity index (χ4n) is 2.53. The van der Waals surface area contributed by atoms with Crippen LogP contribution >= 0.6 is 0 Å². The van der Waals surface area contributed by atoms with Crippen molar-refractivity contribution in [2.24, 2.45) is 0 Å². The van der Waals surface area contributed by atoms with Gasteiger partial charge < -0.3 is 9.30 Å². The van der Waals surface area contributed by atoms with Crippen LogP contribution in [0.3, 0.4) is 0 Å². The fourth-order valence-corrected chi connectivity index (χ4v) is 2.53. The second kappa shape index (κ2) is 7.08. The van der Waals surface area contributed by atoms with E-state index in [1.165, 1.54) is 19.2 Å². The molecule has 2 aromatic carbocycles. The minimum atomic E-state index is -0.355. The van der Waals surface area contributed by atoms with E-state index in [1.54, 1.807) is 36.8 Å². The molecule has 1 aromatic heterocycles. The topological polar surface area (TPSA) is 44.1 Å². The summed E-state index contributed by atoms with van der Waals surface area (Å²) in [6.45, 7) is 0.736. The van der Waals surface area contributed by atoms with E-state index >= 15 is 0 Å². The summed E-state index contributed by atoms with van der Waals surface area (Å²) in [7, 11) is 1.36. The number of hydrogen-bond acceptors (Lipinski definition) is 3. The van der Waals surface area contributed by atoms with Crippen LogP contribution < -0.4 is 0 Å². The number of aryl methyl sites for hydroxylation is 2. The van der Waals surface area contributed by atoms with Crippen molar-refractivity contribution in [2.75, 3.05) is 7.11 Å². The summed E-state index contributed by atoms with van der Waals surface area (Å²) in [5.74, 6) is -0.584. The standard InChI is InChI=1S/C19H17FN2O2/c1-24-19(23)16-6-4-15(5-7-16)18-12-21-13-22(18)11-10-14-2-8-17(20)9-3-14/h2-9,12-13H,10-11H2,1H3. The lowest BCUT2D eigenvalue weighted by molar-refractivity contribution is 0.0601. The lowest BCUT2D eigenvalue weighted by Crippen LogP contribution is -2.03. The Labute approximate surface area is 139 Å². The average molecular weight is 324 g/mol. The first-order valence-electron chi connectivity index (χ1n) is 7.60. The highest BCUT2D eigenvalue weighted by Gasteiger charge is 2.08. The highest BCUT2D eigenvalue weighted by molar-refractivity contribution is 5.89. The minimum Gasteiger partial charge on any atom is -0.465 e. The maximum Gasteiger partial charge on any atom is 0.337 e. The van der Waals surface area contributed by atoms with Crippen LogP contribution in [0.25, 0.3) is 11.3 Å². The predicted molar refractivity (Wildman–Crippen MR) is 89.1 cm³/mol. The van der Waals surface area contributed by atoms with Crippen molar-refractivity contribution in [3.8, 4) is 11.3 Å². The Hall–Kier alpha value is -2.95. The zero-order valence-corrected chi connectivity index (χ0v) is 13.3. The number of benzene rings is 2. The highest BCUT2D eigenvalue weighted by atomic mass is 19.1. The van der Waals surface area contributed by atoms with E-state index in [0.29, 0.717) is 5.56 Å². The number of methoxy groups -OCH3 is 1. The van der Waals surface area contributed by atoms with Crippen LogP contribution in [-0.4, -0.2) is 22.6 Å². The number of imidazole rings is 1. The van der Waals surface area contributed by atoms with Gasteiger partial charge in [-0.3, -0.25) is 0 Å². The number of hydrogen-bond donors (Lipinski definition) is 0. The Morgan fingerprint density at radius 1 is 1.12 bits per heavy atom. The molecule has 24 heavy (non-hydrogen) atoms. The average Bonchev–Trinajstić information content (AvgIpc) is 3.09. The monoisotopic (exact) mass is 324 g/mol. The summed E-state index contributed by atoms with van der Waals surface area (Å²) in [6.07, 6.45) is 4.34. The zero-order valence-electron chi connectivity index (χ0n) is 13.3. The van der Waals surface area contributed by atoms with Crippen molar-refractivity contribution < 1.29 is 13.9 Å². The normalized spacial score (nSPS) is 10.6. The largest absolute Gasteiger partial charge is 0.465 e. The van der Waals surface area contributed by atoms with Gasteiger partial charge in [0.05, 0.1) is 30.9 Å². The van der Waals surface area contributed by atoms with Crippen molar-refractivity contribution in [2.45, 2.75) is 13.0 Å². The van der Waals surface area contributed by atoms with Gasteiger partial charge in [0.25, 0.3) is 0 Å². The van der Waals surface area contributed by atoms with E-state index in [4.69, 9.17) is 4.74 Å². The molecule has 122 valence electrons. The van der Waals surface area contributed by atoms with Gasteiger partial charge in [-0.05, 0) is 41.8 Å². The maximum absolute atomic E-state index is 13.0. The number of aromatic nitrogens is 2. The molecule has 0 unspecified atom stereocenters. The molecule has 0 saturated heterocycles. The molecule has 0 atom stereocenters. The second-order valence-electron chi connectivity index (χ2n) is 5.42. The molecule has 0 amide bonds. The smallest absolute Gasteiger partial charge is 0.337 e. The van der Waals surface area contributed by atoms with Crippen molar-refractivity contribution in [1.82, 2.24) is 9.55 Å². The molecule has 0 bridgehead atoms. The van der Waals surface area contributed by atoms with Gasteiger partial charge in [-0.1, -0.05) is 24.3 Å². The summed E-state index contributed by atoms with van der Waals surface area (Å²) in [4.78, 5) is 15.7. The molecule has 0 radical (unpaired) electrons. The van der Waals surface area contributed by atoms with Crippen LogP contribution in [0.15, 0.2) is 61.1 Å². The van der Waals surface area contributed by atoms with Gasteiger partial charge in [-0.25, -0.2) is 14.2 Å². The van der Waals surface area contributed by atoms with Crippen LogP contribution in [0.2, 0.25) is 0 Å². The number of esters is 1. The lowest BCUT2D eigenvalue weighted by atomic mass is 10.1. The van der Waals surface area contributed by atoms with Gasteiger partial charge in [0.2, 0.25) is 0 Å². The first kappa shape index (κ1) is 15.9. The van der Waals surface area contributed by atoms with E-state index in [1.807, 2.05) is 16.7 Å². The number of ether oxygens (including phenoxy) is 1. The number of rotatable bonds is 5. The molecule has 0 aliphatic heterocycles. The first-order valence-corrected chi connectivity index (χ1v) is 7.60. The molecule has 0 N–H and O–H groups in total. The summed E-state index contributed by atoms with van der Waals surface area (Å²) in [6, 6.07) is 13.7. The molecule has 0 fully saturated rings. The lowest BCUT2D eigenvalue weighted by Gasteiger charge is -2.09. The summed E-state index contributed by atoms with van der Waals surface area (Å²) >= 11 is 0. The molecular weight excluding hydrogens is 307 g/mol. The molecule has 1 heterocycles. The minimum absolute atomic E-state index is 0.229. The van der Waals surface area contributed by atoms with E-state index in [9.17, 15) is 9.18 Å². The Kier molecular flexibility index (Phi) is 4.70. The van der Waals surface area contributed by atoms with Crippen molar-refractivity contribution >= 4 is 5.97 Å². The van der Waals surface area contributed by atoms with Gasteiger partial charge in [0, 0.05) is 6.54 Å². The Morgan fingerprint density at radius 3 is 2.50 bits per heavy atom. The number of carbonyl (C=O) groups excluding carboxylic acids is 1. The number of halogens is 1. The van der Waals surface area contributed by atoms with Gasteiger partial charge in [0.15, 0.2) is 0 Å². The zero-order chi connectivity index (χ0) is 16.9. The molecule has 0 spiro atoms. The van der Waals surface area contributed by atoms with E-state index in [2.05, 4.69) is 4.98 Å². The van der Waals surface area contributed by atoms with E-state index < -0.39 is 0 Å². The first-order chi connectivity index (χ1) is 11.7. The predicted octanol–water partition coefficient (Wildman–Crippen LogP) is 3.72. The van der Waals surface area contributed by atoms with Crippen molar-refractivity contribution in [1.29, 1.82) is 0 Å². The van der Waals surface area contributed by atoms with Crippen molar-refractivity contribution in [3.63, 3.8) is 0 Å². The van der Waals surface area contributed by atoms with Gasteiger partial charge in [0.1, 0.15) is 5.82 Å². The highest BCUT2D eigenvalue weighted by Crippen LogP contribution is 2.20. The number of carbonyl (C=O) groups is 1. The quantitative estimate of drug-likeness (QED) is 0.672. The van der Waals surface area contributed by atoms with Gasteiger partial charge >= 0.3 is 5.97 Å². The van der Waals surface area contributed by atoms with Crippen LogP contribution in [0, 0.1) is 5.82 Å². The third kappa shape index (κ3) is 3.51. The molecule has 3 rings (SSSR count). The molecule has 3 aromatic rings. The van der Waals surface area contributed by atoms with Gasteiger partial charge in [-0.15, -0.1) is 0 Å². The second-order valence-corrected chi connectivity index (χ2v) is 5.42. The third-order valence-corrected chi connectivity index (χ3v) is 3.87. The molecular formula is C19H17FN2O2. The Bertz CT molecular complexity index is 823.